The Bertz CT molecular complexity index is 629. The molecule has 0 saturated carbocycles. The van der Waals surface area contributed by atoms with Crippen LogP contribution in [0, 0.1) is 0 Å². The zero-order valence-corrected chi connectivity index (χ0v) is 14.6. The SMILES string of the molecule is COc1cc(N(C)c2ccc(N(C)C)cc2)cc(OC)c1OC. The van der Waals surface area contributed by atoms with E-state index in [2.05, 4.69) is 34.1 Å². The van der Waals surface area contributed by atoms with Crippen molar-refractivity contribution in [2.24, 2.45) is 0 Å². The van der Waals surface area contributed by atoms with Gasteiger partial charge in [0.05, 0.1) is 21.3 Å². The lowest BCUT2D eigenvalue weighted by atomic mass is 10.2. The molecule has 0 N–H and O–H groups in total. The molecule has 0 amide bonds. The topological polar surface area (TPSA) is 34.2 Å². The smallest absolute Gasteiger partial charge is 0.203 e. The second-order valence-corrected chi connectivity index (χ2v) is 5.35. The summed E-state index contributed by atoms with van der Waals surface area (Å²) >= 11 is 0. The van der Waals surface area contributed by atoms with E-state index in [4.69, 9.17) is 14.2 Å². The van der Waals surface area contributed by atoms with Gasteiger partial charge in [-0.1, -0.05) is 0 Å². The molecule has 23 heavy (non-hydrogen) atoms. The summed E-state index contributed by atoms with van der Waals surface area (Å²) in [5, 5.41) is 0. The predicted octanol–water partition coefficient (Wildman–Crippen LogP) is 3.55. The minimum absolute atomic E-state index is 0.593. The van der Waals surface area contributed by atoms with Gasteiger partial charge in [0.15, 0.2) is 11.5 Å². The van der Waals surface area contributed by atoms with Gasteiger partial charge in [-0.2, -0.15) is 0 Å². The van der Waals surface area contributed by atoms with Crippen molar-refractivity contribution in [3.63, 3.8) is 0 Å². The van der Waals surface area contributed by atoms with Crippen LogP contribution in [-0.2, 0) is 0 Å². The number of ether oxygens (including phenoxy) is 3. The monoisotopic (exact) mass is 316 g/mol. The third kappa shape index (κ3) is 3.44. The lowest BCUT2D eigenvalue weighted by molar-refractivity contribution is 0.324. The molecule has 0 fully saturated rings. The maximum Gasteiger partial charge on any atom is 0.203 e. The molecule has 5 nitrogen and oxygen atoms in total. The van der Waals surface area contributed by atoms with Gasteiger partial charge in [-0.3, -0.25) is 0 Å². The highest BCUT2D eigenvalue weighted by atomic mass is 16.5. The van der Waals surface area contributed by atoms with E-state index in [1.807, 2.05) is 33.3 Å². The molecule has 0 unspecified atom stereocenters. The van der Waals surface area contributed by atoms with E-state index >= 15 is 0 Å². The Kier molecular flexibility index (Phi) is 5.21. The highest BCUT2D eigenvalue weighted by Crippen LogP contribution is 2.42. The molecule has 0 aliphatic heterocycles. The molecule has 0 bridgehead atoms. The Morgan fingerprint density at radius 1 is 0.652 bits per heavy atom. The summed E-state index contributed by atoms with van der Waals surface area (Å²) in [5.74, 6) is 1.87. The average Bonchev–Trinajstić information content (AvgIpc) is 2.59. The first kappa shape index (κ1) is 16.8. The van der Waals surface area contributed by atoms with E-state index in [0.717, 1.165) is 17.1 Å². The van der Waals surface area contributed by atoms with E-state index in [1.165, 1.54) is 0 Å². The van der Waals surface area contributed by atoms with Crippen LogP contribution in [0.25, 0.3) is 0 Å². The minimum Gasteiger partial charge on any atom is -0.493 e. The number of nitrogens with zero attached hydrogens (tertiary/aromatic N) is 2. The van der Waals surface area contributed by atoms with Crippen molar-refractivity contribution in [3.05, 3.63) is 36.4 Å². The molecule has 0 aliphatic rings. The van der Waals surface area contributed by atoms with Gasteiger partial charge in [0, 0.05) is 50.3 Å². The zero-order valence-electron chi connectivity index (χ0n) is 14.6. The van der Waals surface area contributed by atoms with Gasteiger partial charge < -0.3 is 24.0 Å². The van der Waals surface area contributed by atoms with Gasteiger partial charge in [0.2, 0.25) is 5.75 Å². The Balaban J connectivity index is 2.40. The van der Waals surface area contributed by atoms with Crippen LogP contribution in [0.2, 0.25) is 0 Å². The van der Waals surface area contributed by atoms with E-state index in [0.29, 0.717) is 17.2 Å². The van der Waals surface area contributed by atoms with Crippen molar-refractivity contribution in [1.29, 1.82) is 0 Å². The number of hydrogen-bond acceptors (Lipinski definition) is 5. The van der Waals surface area contributed by atoms with Crippen molar-refractivity contribution in [2.75, 3.05) is 52.3 Å². The summed E-state index contributed by atoms with van der Waals surface area (Å²) in [4.78, 5) is 4.15. The summed E-state index contributed by atoms with van der Waals surface area (Å²) in [6, 6.07) is 12.2. The summed E-state index contributed by atoms with van der Waals surface area (Å²) in [7, 11) is 10.9. The number of anilines is 3. The Labute approximate surface area is 138 Å². The first-order valence-electron chi connectivity index (χ1n) is 7.33. The summed E-state index contributed by atoms with van der Waals surface area (Å²) in [5.41, 5.74) is 3.19. The maximum atomic E-state index is 5.42. The van der Waals surface area contributed by atoms with Crippen LogP contribution in [0.4, 0.5) is 17.1 Å². The van der Waals surface area contributed by atoms with Gasteiger partial charge >= 0.3 is 0 Å². The molecule has 0 aliphatic carbocycles. The number of rotatable bonds is 6. The van der Waals surface area contributed by atoms with E-state index in [-0.39, 0.29) is 0 Å². The molecule has 0 spiro atoms. The van der Waals surface area contributed by atoms with Crippen LogP contribution in [0.15, 0.2) is 36.4 Å². The molecule has 124 valence electrons. The number of benzene rings is 2. The van der Waals surface area contributed by atoms with E-state index < -0.39 is 0 Å². The fraction of sp³-hybridized carbons (Fsp3) is 0.333. The van der Waals surface area contributed by atoms with E-state index in [1.54, 1.807) is 21.3 Å². The molecule has 2 aromatic carbocycles. The van der Waals surface area contributed by atoms with Gasteiger partial charge in [0.25, 0.3) is 0 Å². The lowest BCUT2D eigenvalue weighted by Crippen LogP contribution is -2.12. The van der Waals surface area contributed by atoms with Crippen LogP contribution in [0.1, 0.15) is 0 Å². The fourth-order valence-corrected chi connectivity index (χ4v) is 2.38. The van der Waals surface area contributed by atoms with Crippen LogP contribution >= 0.6 is 0 Å². The second-order valence-electron chi connectivity index (χ2n) is 5.35. The average molecular weight is 316 g/mol. The Hall–Kier alpha value is -2.56. The van der Waals surface area contributed by atoms with Crippen LogP contribution in [-0.4, -0.2) is 42.5 Å². The van der Waals surface area contributed by atoms with Crippen molar-refractivity contribution in [2.45, 2.75) is 0 Å². The van der Waals surface area contributed by atoms with E-state index in [9.17, 15) is 0 Å². The summed E-state index contributed by atoms with van der Waals surface area (Å²) < 4.78 is 16.2. The van der Waals surface area contributed by atoms with Crippen LogP contribution in [0.3, 0.4) is 0 Å². The Morgan fingerprint density at radius 2 is 1.13 bits per heavy atom. The first-order chi connectivity index (χ1) is 11.0. The van der Waals surface area contributed by atoms with Crippen molar-refractivity contribution in [1.82, 2.24) is 0 Å². The maximum absolute atomic E-state index is 5.42. The van der Waals surface area contributed by atoms with Gasteiger partial charge in [0.1, 0.15) is 0 Å². The fourth-order valence-electron chi connectivity index (χ4n) is 2.38. The molecule has 2 rings (SSSR count). The third-order valence-corrected chi connectivity index (χ3v) is 3.79. The first-order valence-corrected chi connectivity index (χ1v) is 7.33. The molecule has 0 radical (unpaired) electrons. The molecule has 2 aromatic rings. The highest BCUT2D eigenvalue weighted by molar-refractivity contribution is 5.70. The molecular weight excluding hydrogens is 292 g/mol. The molecule has 5 heteroatoms. The van der Waals surface area contributed by atoms with Crippen molar-refractivity contribution < 1.29 is 14.2 Å². The quantitative estimate of drug-likeness (QED) is 0.814. The third-order valence-electron chi connectivity index (χ3n) is 3.79. The molecule has 0 atom stereocenters. The van der Waals surface area contributed by atoms with Crippen molar-refractivity contribution >= 4 is 17.1 Å². The predicted molar refractivity (Wildman–Crippen MR) is 94.9 cm³/mol. The minimum atomic E-state index is 0.593. The largest absolute Gasteiger partial charge is 0.493 e. The number of methoxy groups -OCH3 is 3. The zero-order chi connectivity index (χ0) is 17.0. The Morgan fingerprint density at radius 3 is 1.52 bits per heavy atom. The highest BCUT2D eigenvalue weighted by Gasteiger charge is 2.15. The standard InChI is InChI=1S/C18H24N2O3/c1-19(2)13-7-9-14(10-8-13)20(3)15-11-16(21-4)18(23-6)17(12-15)22-5/h7-12H,1-6H3. The van der Waals surface area contributed by atoms with Gasteiger partial charge in [-0.25, -0.2) is 0 Å². The van der Waals surface area contributed by atoms with Crippen LogP contribution in [0.5, 0.6) is 17.2 Å². The molecule has 0 heterocycles. The summed E-state index contributed by atoms with van der Waals surface area (Å²) in [6.07, 6.45) is 0. The van der Waals surface area contributed by atoms with Crippen molar-refractivity contribution in [3.8, 4) is 17.2 Å². The van der Waals surface area contributed by atoms with Crippen LogP contribution < -0.4 is 24.0 Å². The van der Waals surface area contributed by atoms with Gasteiger partial charge in [-0.05, 0) is 24.3 Å². The normalized spacial score (nSPS) is 10.2. The lowest BCUT2D eigenvalue weighted by Gasteiger charge is -2.23. The van der Waals surface area contributed by atoms with Gasteiger partial charge in [-0.15, -0.1) is 0 Å². The summed E-state index contributed by atoms with van der Waals surface area (Å²) in [6.45, 7) is 0. The molecular formula is C18H24N2O3. The second kappa shape index (κ2) is 7.13. The molecule has 0 saturated heterocycles. The molecule has 0 aromatic heterocycles. The number of hydrogen-bond donors (Lipinski definition) is 0.